The SMILES string of the molecule is O=C(CSS)OCc1ccc(CO)cc1. The smallest absolute Gasteiger partial charge is 0.317 e. The van der Waals surface area contributed by atoms with Crippen LogP contribution in [0.2, 0.25) is 0 Å². The highest BCUT2D eigenvalue weighted by molar-refractivity contribution is 8.68. The van der Waals surface area contributed by atoms with Crippen LogP contribution in [0.15, 0.2) is 24.3 Å². The van der Waals surface area contributed by atoms with Gasteiger partial charge in [-0.2, -0.15) is 0 Å². The van der Waals surface area contributed by atoms with Gasteiger partial charge in [0.25, 0.3) is 0 Å². The molecule has 1 N–H and O–H groups in total. The fourth-order valence-electron chi connectivity index (χ4n) is 0.999. The van der Waals surface area contributed by atoms with E-state index < -0.39 is 0 Å². The standard InChI is InChI=1S/C10H12O3S2/c11-5-8-1-3-9(4-2-8)6-13-10(12)7-15-14/h1-4,11,14H,5-7H2. The van der Waals surface area contributed by atoms with E-state index in [0.717, 1.165) is 21.9 Å². The van der Waals surface area contributed by atoms with Crippen molar-refractivity contribution < 1.29 is 14.6 Å². The minimum Gasteiger partial charge on any atom is -0.460 e. The van der Waals surface area contributed by atoms with Crippen LogP contribution in [0, 0.1) is 0 Å². The Balaban J connectivity index is 2.40. The van der Waals surface area contributed by atoms with Crippen LogP contribution < -0.4 is 0 Å². The zero-order valence-electron chi connectivity index (χ0n) is 8.05. The number of aliphatic hydroxyl groups is 1. The van der Waals surface area contributed by atoms with Gasteiger partial charge >= 0.3 is 5.97 Å². The van der Waals surface area contributed by atoms with Crippen LogP contribution in [-0.4, -0.2) is 16.8 Å². The number of ether oxygens (including phenoxy) is 1. The normalized spacial score (nSPS) is 10.0. The minimum absolute atomic E-state index is 0.0242. The Morgan fingerprint density at radius 3 is 2.47 bits per heavy atom. The highest BCUT2D eigenvalue weighted by Gasteiger charge is 2.01. The molecule has 0 radical (unpaired) electrons. The maximum absolute atomic E-state index is 11.0. The van der Waals surface area contributed by atoms with Gasteiger partial charge in [-0.25, -0.2) is 0 Å². The van der Waals surface area contributed by atoms with Crippen molar-refractivity contribution in [3.05, 3.63) is 35.4 Å². The second-order valence-corrected chi connectivity index (χ2v) is 4.23. The number of hydrogen-bond acceptors (Lipinski definition) is 5. The van der Waals surface area contributed by atoms with Crippen molar-refractivity contribution in [1.29, 1.82) is 0 Å². The van der Waals surface area contributed by atoms with Crippen molar-refractivity contribution in [2.45, 2.75) is 13.2 Å². The summed E-state index contributed by atoms with van der Waals surface area (Å²) in [6.07, 6.45) is 0. The van der Waals surface area contributed by atoms with Crippen molar-refractivity contribution >= 4 is 28.4 Å². The van der Waals surface area contributed by atoms with Crippen LogP contribution in [0.3, 0.4) is 0 Å². The van der Waals surface area contributed by atoms with Gasteiger partial charge in [-0.05, 0) is 11.1 Å². The molecule has 0 unspecified atom stereocenters. The predicted molar refractivity (Wildman–Crippen MR) is 63.6 cm³/mol. The van der Waals surface area contributed by atoms with Gasteiger partial charge in [-0.15, -0.1) is 11.7 Å². The lowest BCUT2D eigenvalue weighted by Gasteiger charge is -2.04. The fourth-order valence-corrected chi connectivity index (χ4v) is 1.50. The summed E-state index contributed by atoms with van der Waals surface area (Å²) >= 11 is 3.85. The first kappa shape index (κ1) is 12.4. The molecule has 5 heteroatoms. The number of esters is 1. The maximum atomic E-state index is 11.0. The van der Waals surface area contributed by atoms with E-state index in [2.05, 4.69) is 11.7 Å². The van der Waals surface area contributed by atoms with E-state index in [1.807, 2.05) is 12.1 Å². The van der Waals surface area contributed by atoms with E-state index in [0.29, 0.717) is 0 Å². The quantitative estimate of drug-likeness (QED) is 0.471. The number of rotatable bonds is 5. The predicted octanol–water partition coefficient (Wildman–Crippen LogP) is 1.80. The molecule has 3 nitrogen and oxygen atoms in total. The third-order valence-corrected chi connectivity index (χ3v) is 2.54. The molecule has 0 spiro atoms. The Hall–Kier alpha value is -0.650. The van der Waals surface area contributed by atoms with Crippen LogP contribution in [0.5, 0.6) is 0 Å². The molecule has 0 fully saturated rings. The second-order valence-electron chi connectivity index (χ2n) is 2.91. The van der Waals surface area contributed by atoms with Crippen LogP contribution in [0.4, 0.5) is 0 Å². The Labute approximate surface area is 97.6 Å². The van der Waals surface area contributed by atoms with Gasteiger partial charge < -0.3 is 9.84 Å². The number of carbonyl (C=O) groups excluding carboxylic acids is 1. The molecule has 1 rings (SSSR count). The first-order valence-electron chi connectivity index (χ1n) is 4.37. The topological polar surface area (TPSA) is 46.5 Å². The van der Waals surface area contributed by atoms with E-state index in [4.69, 9.17) is 9.84 Å². The van der Waals surface area contributed by atoms with Gasteiger partial charge in [0.2, 0.25) is 0 Å². The van der Waals surface area contributed by atoms with Crippen molar-refractivity contribution in [1.82, 2.24) is 0 Å². The first-order valence-corrected chi connectivity index (χ1v) is 6.40. The molecule has 0 amide bonds. The lowest BCUT2D eigenvalue weighted by Crippen LogP contribution is -2.06. The molecule has 0 aromatic heterocycles. The van der Waals surface area contributed by atoms with E-state index in [-0.39, 0.29) is 24.9 Å². The van der Waals surface area contributed by atoms with Crippen molar-refractivity contribution in [3.63, 3.8) is 0 Å². The van der Waals surface area contributed by atoms with E-state index in [1.54, 1.807) is 12.1 Å². The maximum Gasteiger partial charge on any atom is 0.317 e. The molecule has 82 valence electrons. The van der Waals surface area contributed by atoms with Crippen LogP contribution in [0.1, 0.15) is 11.1 Å². The van der Waals surface area contributed by atoms with E-state index in [1.165, 1.54) is 0 Å². The summed E-state index contributed by atoms with van der Waals surface area (Å²) in [4.78, 5) is 11.0. The number of aliphatic hydroxyl groups excluding tert-OH is 1. The lowest BCUT2D eigenvalue weighted by molar-refractivity contribution is -0.141. The average Bonchev–Trinajstić information content (AvgIpc) is 2.27. The molecule has 0 bridgehead atoms. The first-order chi connectivity index (χ1) is 7.26. The van der Waals surface area contributed by atoms with E-state index in [9.17, 15) is 4.79 Å². The highest BCUT2D eigenvalue weighted by Crippen LogP contribution is 2.08. The summed E-state index contributed by atoms with van der Waals surface area (Å²) in [5, 5.41) is 8.82. The fraction of sp³-hybridized carbons (Fsp3) is 0.300. The molecular weight excluding hydrogens is 232 g/mol. The van der Waals surface area contributed by atoms with Crippen LogP contribution in [0.25, 0.3) is 0 Å². The molecule has 0 saturated carbocycles. The Morgan fingerprint density at radius 1 is 1.33 bits per heavy atom. The number of hydrogen-bond donors (Lipinski definition) is 2. The van der Waals surface area contributed by atoms with Gasteiger partial charge in [-0.1, -0.05) is 35.1 Å². The van der Waals surface area contributed by atoms with Crippen molar-refractivity contribution in [2.24, 2.45) is 0 Å². The van der Waals surface area contributed by atoms with Gasteiger partial charge in [-0.3, -0.25) is 4.79 Å². The summed E-state index contributed by atoms with van der Waals surface area (Å²) in [7, 11) is 1.14. The summed E-state index contributed by atoms with van der Waals surface area (Å²) in [5.41, 5.74) is 1.75. The molecule has 0 aliphatic rings. The molecule has 0 heterocycles. The van der Waals surface area contributed by atoms with Crippen molar-refractivity contribution in [3.8, 4) is 0 Å². The Morgan fingerprint density at radius 2 is 1.93 bits per heavy atom. The lowest BCUT2D eigenvalue weighted by atomic mass is 10.1. The molecule has 1 aromatic rings. The average molecular weight is 244 g/mol. The molecule has 1 aromatic carbocycles. The summed E-state index contributed by atoms with van der Waals surface area (Å²) < 4.78 is 4.97. The zero-order valence-corrected chi connectivity index (χ0v) is 9.76. The number of thiol groups is 1. The number of benzene rings is 1. The van der Waals surface area contributed by atoms with E-state index >= 15 is 0 Å². The van der Waals surface area contributed by atoms with Gasteiger partial charge in [0.1, 0.15) is 12.4 Å². The Bertz CT molecular complexity index is 311. The van der Waals surface area contributed by atoms with Crippen molar-refractivity contribution in [2.75, 3.05) is 5.75 Å². The highest BCUT2D eigenvalue weighted by atomic mass is 33.1. The summed E-state index contributed by atoms with van der Waals surface area (Å²) in [6, 6.07) is 7.26. The molecule has 0 aliphatic carbocycles. The van der Waals surface area contributed by atoms with Gasteiger partial charge in [0.15, 0.2) is 0 Å². The zero-order chi connectivity index (χ0) is 11.1. The Kier molecular flexibility index (Phi) is 5.60. The third kappa shape index (κ3) is 4.59. The summed E-state index contributed by atoms with van der Waals surface area (Å²) in [5.74, 6) is -0.0288. The molecule has 15 heavy (non-hydrogen) atoms. The van der Waals surface area contributed by atoms with Crippen LogP contribution >= 0.6 is 22.5 Å². The molecular formula is C10H12O3S2. The minimum atomic E-state index is -0.277. The summed E-state index contributed by atoms with van der Waals surface area (Å²) in [6.45, 7) is 0.287. The number of carbonyl (C=O) groups is 1. The third-order valence-electron chi connectivity index (χ3n) is 1.79. The second kappa shape index (κ2) is 6.76. The molecule has 0 atom stereocenters. The van der Waals surface area contributed by atoms with Gasteiger partial charge in [0.05, 0.1) is 6.61 Å². The largest absolute Gasteiger partial charge is 0.460 e. The van der Waals surface area contributed by atoms with Crippen LogP contribution in [-0.2, 0) is 22.7 Å². The molecule has 0 aliphatic heterocycles. The monoisotopic (exact) mass is 244 g/mol. The molecule has 0 saturated heterocycles. The van der Waals surface area contributed by atoms with Gasteiger partial charge in [0, 0.05) is 0 Å².